The normalized spacial score (nSPS) is 22.8. The molecule has 1 fully saturated rings. The third-order valence-electron chi connectivity index (χ3n) is 7.54. The molecule has 2 aromatic rings. The van der Waals surface area contributed by atoms with Gasteiger partial charge in [-0.3, -0.25) is 9.79 Å². The Bertz CT molecular complexity index is 1240. The fraction of sp³-hybridized carbons (Fsp3) is 0.519. The highest BCUT2D eigenvalue weighted by molar-refractivity contribution is 7.90. The topological polar surface area (TPSA) is 88.5 Å². The second-order valence-corrected chi connectivity index (χ2v) is 12.4. The molecule has 2 heterocycles. The molecule has 0 spiro atoms. The molecule has 0 saturated heterocycles. The summed E-state index contributed by atoms with van der Waals surface area (Å²) in [6, 6.07) is 8.83. The first-order chi connectivity index (χ1) is 16.6. The van der Waals surface area contributed by atoms with Gasteiger partial charge in [-0.1, -0.05) is 44.5 Å². The largest absolute Gasteiger partial charge is 0.336 e. The number of benzene rings is 1. The number of aromatic nitrogens is 1. The van der Waals surface area contributed by atoms with Crippen molar-refractivity contribution >= 4 is 38.7 Å². The summed E-state index contributed by atoms with van der Waals surface area (Å²) < 4.78 is 23.4. The number of rotatable bonds is 7. The van der Waals surface area contributed by atoms with Gasteiger partial charge in [0.1, 0.15) is 5.15 Å². The van der Waals surface area contributed by atoms with Gasteiger partial charge in [-0.2, -0.15) is 0 Å². The molecular weight excluding hydrogens is 482 g/mol. The van der Waals surface area contributed by atoms with Crippen molar-refractivity contribution in [3.63, 3.8) is 0 Å². The van der Waals surface area contributed by atoms with E-state index in [1.54, 1.807) is 24.3 Å². The van der Waals surface area contributed by atoms with Crippen molar-refractivity contribution in [3.8, 4) is 0 Å². The van der Waals surface area contributed by atoms with Crippen LogP contribution < -0.4 is 5.32 Å². The maximum Gasteiger partial charge on any atom is 0.200 e. The number of aliphatic imine (C=N–C) groups is 1. The summed E-state index contributed by atoms with van der Waals surface area (Å²) in [6.45, 7) is 6.73. The Morgan fingerprint density at radius 1 is 1.23 bits per heavy atom. The number of pyridine rings is 1. The van der Waals surface area contributed by atoms with Gasteiger partial charge in [0.05, 0.1) is 16.3 Å². The van der Waals surface area contributed by atoms with E-state index < -0.39 is 9.84 Å². The number of fused-ring (bicyclic) bond motifs is 1. The Kier molecular flexibility index (Phi) is 7.67. The van der Waals surface area contributed by atoms with Crippen molar-refractivity contribution in [1.29, 1.82) is 0 Å². The average Bonchev–Trinajstić information content (AvgIpc) is 3.66. The SMILES string of the molecule is CCc1cc2c(nc1Cl)CC(C(C)C1CC1)C(C)C(=O)C(=NCCc1ccc(S(C)(=O)=O)cc1)N2. The van der Waals surface area contributed by atoms with E-state index in [4.69, 9.17) is 21.6 Å². The van der Waals surface area contributed by atoms with Gasteiger partial charge in [0.15, 0.2) is 15.7 Å². The first-order valence-corrected chi connectivity index (χ1v) is 14.7. The zero-order chi connectivity index (χ0) is 25.3. The van der Waals surface area contributed by atoms with E-state index in [9.17, 15) is 13.2 Å². The maximum atomic E-state index is 13.6. The number of halogens is 1. The zero-order valence-electron chi connectivity index (χ0n) is 20.8. The molecule has 6 nitrogen and oxygen atoms in total. The van der Waals surface area contributed by atoms with E-state index >= 15 is 0 Å². The van der Waals surface area contributed by atoms with Gasteiger partial charge in [-0.25, -0.2) is 13.4 Å². The van der Waals surface area contributed by atoms with Crippen LogP contribution in [-0.2, 0) is 33.9 Å². The minimum Gasteiger partial charge on any atom is -0.336 e. The molecule has 0 bridgehead atoms. The molecule has 1 aliphatic heterocycles. The molecular formula is C27H34ClN3O3S. The van der Waals surface area contributed by atoms with Crippen LogP contribution in [0.2, 0.25) is 5.15 Å². The molecule has 35 heavy (non-hydrogen) atoms. The van der Waals surface area contributed by atoms with E-state index in [1.807, 2.05) is 19.9 Å². The highest BCUT2D eigenvalue weighted by atomic mass is 35.5. The van der Waals surface area contributed by atoms with Crippen LogP contribution in [0.5, 0.6) is 0 Å². The van der Waals surface area contributed by atoms with Crippen molar-refractivity contribution in [2.75, 3.05) is 18.1 Å². The molecule has 2 aliphatic rings. The second-order valence-electron chi connectivity index (χ2n) is 10.0. The average molecular weight is 516 g/mol. The van der Waals surface area contributed by atoms with E-state index in [-0.39, 0.29) is 17.6 Å². The number of Topliss-reactive ketones (excluding diaryl/α,β-unsaturated/α-hetero) is 1. The Hall–Kier alpha value is -2.25. The zero-order valence-corrected chi connectivity index (χ0v) is 22.4. The Labute approximate surface area is 213 Å². The number of ketones is 1. The van der Waals surface area contributed by atoms with Crippen molar-refractivity contribution in [2.45, 2.75) is 57.8 Å². The molecule has 4 rings (SSSR count). The second kappa shape index (κ2) is 10.4. The molecule has 3 unspecified atom stereocenters. The molecule has 1 N–H and O–H groups in total. The third-order valence-corrected chi connectivity index (χ3v) is 9.00. The summed E-state index contributed by atoms with van der Waals surface area (Å²) in [5, 5.41) is 3.83. The quantitative estimate of drug-likeness (QED) is 0.513. The van der Waals surface area contributed by atoms with E-state index in [0.717, 1.165) is 35.3 Å². The van der Waals surface area contributed by atoms with Crippen LogP contribution in [0.1, 0.15) is 50.4 Å². The first-order valence-electron chi connectivity index (χ1n) is 12.4. The Morgan fingerprint density at radius 2 is 1.91 bits per heavy atom. The fourth-order valence-corrected chi connectivity index (χ4v) is 5.93. The fourth-order valence-electron chi connectivity index (χ4n) is 5.01. The summed E-state index contributed by atoms with van der Waals surface area (Å²) >= 11 is 6.48. The number of hydrogen-bond donors (Lipinski definition) is 1. The lowest BCUT2D eigenvalue weighted by Crippen LogP contribution is -2.39. The van der Waals surface area contributed by atoms with Gasteiger partial charge in [0, 0.05) is 18.7 Å². The molecule has 0 amide bonds. The van der Waals surface area contributed by atoms with Crippen LogP contribution in [0.4, 0.5) is 5.69 Å². The number of carbonyl (C=O) groups excluding carboxylic acids is 1. The molecule has 1 aliphatic carbocycles. The highest BCUT2D eigenvalue weighted by Gasteiger charge is 2.40. The van der Waals surface area contributed by atoms with Crippen LogP contribution in [0.25, 0.3) is 0 Å². The third kappa shape index (κ3) is 5.95. The molecule has 8 heteroatoms. The van der Waals surface area contributed by atoms with Crippen LogP contribution in [0.3, 0.4) is 0 Å². The minimum atomic E-state index is -3.23. The highest BCUT2D eigenvalue weighted by Crippen LogP contribution is 2.44. The predicted molar refractivity (Wildman–Crippen MR) is 141 cm³/mol. The van der Waals surface area contributed by atoms with Crippen molar-refractivity contribution in [1.82, 2.24) is 4.98 Å². The summed E-state index contributed by atoms with van der Waals surface area (Å²) in [7, 11) is -3.23. The lowest BCUT2D eigenvalue weighted by molar-refractivity contribution is -0.118. The lowest BCUT2D eigenvalue weighted by Gasteiger charge is -2.32. The standard InChI is InChI=1S/C27H34ClN3O3S/c1-5-19-14-23-24(30-26(19)28)15-22(16(2)20-8-9-20)17(3)25(32)27(31-23)29-13-12-18-6-10-21(11-7-18)35(4,33)34/h6-7,10-11,14,16-17,20,22H,5,8-9,12-13,15H2,1-4H3,(H,29,31). The number of amidine groups is 1. The number of nitrogens with zero attached hydrogens (tertiary/aromatic N) is 2. The minimum absolute atomic E-state index is 0.0357. The molecule has 188 valence electrons. The predicted octanol–water partition coefficient (Wildman–Crippen LogP) is 5.18. The van der Waals surface area contributed by atoms with Gasteiger partial charge < -0.3 is 5.32 Å². The Balaban J connectivity index is 1.61. The number of aryl methyl sites for hydroxylation is 1. The molecule has 3 atom stereocenters. The smallest absolute Gasteiger partial charge is 0.200 e. The van der Waals surface area contributed by atoms with Crippen molar-refractivity contribution in [2.24, 2.45) is 28.7 Å². The van der Waals surface area contributed by atoms with Gasteiger partial charge in [0.25, 0.3) is 0 Å². The molecule has 1 aromatic heterocycles. The van der Waals surface area contributed by atoms with E-state index in [2.05, 4.69) is 12.2 Å². The number of nitrogens with one attached hydrogen (secondary N) is 1. The van der Waals surface area contributed by atoms with Crippen LogP contribution in [-0.4, -0.2) is 37.8 Å². The summed E-state index contributed by atoms with van der Waals surface area (Å²) in [4.78, 5) is 23.3. The Morgan fingerprint density at radius 3 is 2.51 bits per heavy atom. The van der Waals surface area contributed by atoms with Gasteiger partial charge in [0.2, 0.25) is 5.78 Å². The monoisotopic (exact) mass is 515 g/mol. The number of anilines is 1. The maximum absolute atomic E-state index is 13.6. The summed E-state index contributed by atoms with van der Waals surface area (Å²) in [6.07, 6.45) is 5.73. The van der Waals surface area contributed by atoms with Crippen LogP contribution >= 0.6 is 11.6 Å². The summed E-state index contributed by atoms with van der Waals surface area (Å²) in [5.41, 5.74) is 3.62. The van der Waals surface area contributed by atoms with Crippen LogP contribution in [0, 0.1) is 23.7 Å². The lowest BCUT2D eigenvalue weighted by atomic mass is 9.75. The van der Waals surface area contributed by atoms with Crippen molar-refractivity contribution in [3.05, 3.63) is 52.3 Å². The van der Waals surface area contributed by atoms with Gasteiger partial charge >= 0.3 is 0 Å². The van der Waals surface area contributed by atoms with E-state index in [1.165, 1.54) is 19.1 Å². The number of sulfone groups is 1. The summed E-state index contributed by atoms with van der Waals surface area (Å²) in [5.74, 6) is 1.51. The molecule has 0 radical (unpaired) electrons. The number of hydrogen-bond acceptors (Lipinski definition) is 5. The van der Waals surface area contributed by atoms with Crippen molar-refractivity contribution < 1.29 is 13.2 Å². The first kappa shape index (κ1) is 25.8. The van der Waals surface area contributed by atoms with E-state index in [0.29, 0.717) is 40.7 Å². The number of carbonyl (C=O) groups is 1. The van der Waals surface area contributed by atoms with Gasteiger partial charge in [-0.05, 0) is 79.2 Å². The van der Waals surface area contributed by atoms with Gasteiger partial charge in [-0.15, -0.1) is 0 Å². The molecule has 1 saturated carbocycles. The van der Waals surface area contributed by atoms with Crippen LogP contribution in [0.15, 0.2) is 40.2 Å². The molecule has 1 aromatic carbocycles.